The van der Waals surface area contributed by atoms with E-state index in [1.807, 2.05) is 18.2 Å². The molecule has 126 valence electrons. The number of likely N-dealkylation sites (tertiary alicyclic amines) is 1. The van der Waals surface area contributed by atoms with Gasteiger partial charge >= 0.3 is 0 Å². The van der Waals surface area contributed by atoms with Crippen molar-refractivity contribution in [3.8, 4) is 0 Å². The lowest BCUT2D eigenvalue weighted by Gasteiger charge is -2.37. The van der Waals surface area contributed by atoms with Crippen molar-refractivity contribution in [2.45, 2.75) is 38.1 Å². The summed E-state index contributed by atoms with van der Waals surface area (Å²) in [6, 6.07) is 6.16. The van der Waals surface area contributed by atoms with Gasteiger partial charge in [0, 0.05) is 44.1 Å². The fourth-order valence-electron chi connectivity index (χ4n) is 3.54. The first kappa shape index (κ1) is 16.4. The van der Waals surface area contributed by atoms with E-state index in [1.165, 1.54) is 6.42 Å². The van der Waals surface area contributed by atoms with Crippen molar-refractivity contribution in [3.63, 3.8) is 0 Å². The summed E-state index contributed by atoms with van der Waals surface area (Å²) in [6.07, 6.45) is 6.76. The maximum atomic E-state index is 12.7. The van der Waals surface area contributed by atoms with Gasteiger partial charge in [0.05, 0.1) is 19.6 Å². The molecule has 1 aromatic rings. The van der Waals surface area contributed by atoms with Gasteiger partial charge in [0.25, 0.3) is 0 Å². The molecule has 5 heteroatoms. The number of piperidine rings is 1. The van der Waals surface area contributed by atoms with E-state index in [4.69, 9.17) is 4.74 Å². The number of carbonyl (C=O) groups excluding carboxylic acids is 1. The van der Waals surface area contributed by atoms with Crippen LogP contribution >= 0.6 is 0 Å². The number of amides is 1. The number of pyridine rings is 1. The molecule has 0 N–H and O–H groups in total. The van der Waals surface area contributed by atoms with Crippen LogP contribution < -0.4 is 0 Å². The summed E-state index contributed by atoms with van der Waals surface area (Å²) < 4.78 is 5.40. The Balaban J connectivity index is 1.53. The molecule has 0 aliphatic carbocycles. The lowest BCUT2D eigenvalue weighted by Crippen LogP contribution is -2.47. The van der Waals surface area contributed by atoms with E-state index in [2.05, 4.69) is 14.8 Å². The number of carbonyl (C=O) groups is 1. The van der Waals surface area contributed by atoms with Gasteiger partial charge in [-0.15, -0.1) is 0 Å². The summed E-state index contributed by atoms with van der Waals surface area (Å²) in [5.41, 5.74) is 0.870. The zero-order valence-corrected chi connectivity index (χ0v) is 13.8. The number of nitrogens with zero attached hydrogens (tertiary/aromatic N) is 3. The van der Waals surface area contributed by atoms with Crippen LogP contribution in [0.1, 0.15) is 31.4 Å². The maximum Gasteiger partial charge on any atom is 0.228 e. The molecule has 0 radical (unpaired) electrons. The van der Waals surface area contributed by atoms with Crippen molar-refractivity contribution >= 4 is 5.91 Å². The summed E-state index contributed by atoms with van der Waals surface area (Å²) in [5, 5.41) is 0. The summed E-state index contributed by atoms with van der Waals surface area (Å²) in [6.45, 7) is 5.70. The van der Waals surface area contributed by atoms with Crippen LogP contribution in [0, 0.1) is 0 Å². The molecule has 3 heterocycles. The third kappa shape index (κ3) is 4.75. The van der Waals surface area contributed by atoms with E-state index in [-0.39, 0.29) is 5.91 Å². The molecule has 0 spiro atoms. The monoisotopic (exact) mass is 317 g/mol. The Hall–Kier alpha value is -1.46. The van der Waals surface area contributed by atoms with Crippen LogP contribution in [-0.2, 0) is 16.0 Å². The molecule has 5 nitrogen and oxygen atoms in total. The summed E-state index contributed by atoms with van der Waals surface area (Å²) >= 11 is 0. The Morgan fingerprint density at radius 2 is 2.09 bits per heavy atom. The van der Waals surface area contributed by atoms with E-state index in [1.54, 1.807) is 6.20 Å². The van der Waals surface area contributed by atoms with Crippen LogP contribution in [0.4, 0.5) is 0 Å². The molecule has 0 aromatic carbocycles. The third-order valence-electron chi connectivity index (χ3n) is 4.89. The van der Waals surface area contributed by atoms with Crippen LogP contribution in [0.5, 0.6) is 0 Å². The van der Waals surface area contributed by atoms with Crippen LogP contribution in [0.15, 0.2) is 24.4 Å². The Kier molecular flexibility index (Phi) is 6.00. The van der Waals surface area contributed by atoms with Gasteiger partial charge in [-0.2, -0.15) is 0 Å². The fraction of sp³-hybridized carbons (Fsp3) is 0.667. The average Bonchev–Trinajstić information content (AvgIpc) is 2.62. The molecule has 3 rings (SSSR count). The Morgan fingerprint density at radius 3 is 2.87 bits per heavy atom. The largest absolute Gasteiger partial charge is 0.379 e. The fourth-order valence-corrected chi connectivity index (χ4v) is 3.54. The summed E-state index contributed by atoms with van der Waals surface area (Å²) in [5.74, 6) is 0.232. The number of morpholine rings is 1. The second-order valence-corrected chi connectivity index (χ2v) is 6.48. The first-order valence-electron chi connectivity index (χ1n) is 8.82. The molecule has 0 saturated carbocycles. The Labute approximate surface area is 138 Å². The van der Waals surface area contributed by atoms with E-state index < -0.39 is 0 Å². The van der Waals surface area contributed by atoms with Crippen LogP contribution in [0.2, 0.25) is 0 Å². The molecule has 1 unspecified atom stereocenters. The van der Waals surface area contributed by atoms with Crippen LogP contribution in [0.25, 0.3) is 0 Å². The molecule has 2 fully saturated rings. The Morgan fingerprint density at radius 1 is 1.22 bits per heavy atom. The molecular formula is C18H27N3O2. The second-order valence-electron chi connectivity index (χ2n) is 6.48. The van der Waals surface area contributed by atoms with Crippen molar-refractivity contribution < 1.29 is 9.53 Å². The minimum absolute atomic E-state index is 0.232. The molecule has 0 bridgehead atoms. The molecular weight excluding hydrogens is 290 g/mol. The van der Waals surface area contributed by atoms with Gasteiger partial charge < -0.3 is 9.64 Å². The molecule has 2 saturated heterocycles. The number of aromatic nitrogens is 1. The average molecular weight is 317 g/mol. The minimum Gasteiger partial charge on any atom is -0.379 e. The first-order chi connectivity index (χ1) is 11.3. The standard InChI is InChI=1S/C18H27N3O2/c22-18(15-16-5-1-3-8-19-16)21-9-4-2-6-17(21)7-10-20-11-13-23-14-12-20/h1,3,5,8,17H,2,4,6-7,9-15H2. The van der Waals surface area contributed by atoms with Crippen molar-refractivity contribution in [3.05, 3.63) is 30.1 Å². The van der Waals surface area contributed by atoms with E-state index in [0.717, 1.165) is 64.3 Å². The number of hydrogen-bond acceptors (Lipinski definition) is 4. The molecule has 1 atom stereocenters. The molecule has 1 aromatic heterocycles. The van der Waals surface area contributed by atoms with Gasteiger partial charge in [-0.05, 0) is 37.8 Å². The minimum atomic E-state index is 0.232. The topological polar surface area (TPSA) is 45.7 Å². The molecule has 23 heavy (non-hydrogen) atoms. The predicted octanol–water partition coefficient (Wildman–Crippen LogP) is 1.73. The normalized spacial score (nSPS) is 23.0. The highest BCUT2D eigenvalue weighted by Gasteiger charge is 2.27. The molecule has 1 amide bonds. The second kappa shape index (κ2) is 8.41. The molecule has 2 aliphatic heterocycles. The van der Waals surface area contributed by atoms with E-state index >= 15 is 0 Å². The lowest BCUT2D eigenvalue weighted by molar-refractivity contribution is -0.134. The van der Waals surface area contributed by atoms with Gasteiger partial charge in [0.2, 0.25) is 5.91 Å². The van der Waals surface area contributed by atoms with Gasteiger partial charge in [-0.1, -0.05) is 6.07 Å². The van der Waals surface area contributed by atoms with Crippen molar-refractivity contribution in [2.24, 2.45) is 0 Å². The van der Waals surface area contributed by atoms with Crippen molar-refractivity contribution in [1.29, 1.82) is 0 Å². The Bertz CT molecular complexity index is 488. The molecule has 2 aliphatic rings. The van der Waals surface area contributed by atoms with Crippen molar-refractivity contribution in [1.82, 2.24) is 14.8 Å². The first-order valence-corrected chi connectivity index (χ1v) is 8.82. The van der Waals surface area contributed by atoms with Crippen LogP contribution in [-0.4, -0.2) is 66.1 Å². The summed E-state index contributed by atoms with van der Waals surface area (Å²) in [4.78, 5) is 21.5. The zero-order valence-electron chi connectivity index (χ0n) is 13.8. The summed E-state index contributed by atoms with van der Waals surface area (Å²) in [7, 11) is 0. The third-order valence-corrected chi connectivity index (χ3v) is 4.89. The SMILES string of the molecule is O=C(Cc1ccccn1)N1CCCCC1CCN1CCOCC1. The smallest absolute Gasteiger partial charge is 0.228 e. The quantitative estimate of drug-likeness (QED) is 0.830. The number of rotatable bonds is 5. The van der Waals surface area contributed by atoms with Gasteiger partial charge in [-0.25, -0.2) is 0 Å². The highest BCUT2D eigenvalue weighted by molar-refractivity contribution is 5.78. The van der Waals surface area contributed by atoms with E-state index in [9.17, 15) is 4.79 Å². The lowest BCUT2D eigenvalue weighted by atomic mass is 9.98. The van der Waals surface area contributed by atoms with E-state index in [0.29, 0.717) is 12.5 Å². The van der Waals surface area contributed by atoms with Crippen LogP contribution in [0.3, 0.4) is 0 Å². The number of ether oxygens (including phenoxy) is 1. The zero-order chi connectivity index (χ0) is 15.9. The van der Waals surface area contributed by atoms with Gasteiger partial charge in [-0.3, -0.25) is 14.7 Å². The van der Waals surface area contributed by atoms with Gasteiger partial charge in [0.1, 0.15) is 0 Å². The predicted molar refractivity (Wildman–Crippen MR) is 89.2 cm³/mol. The highest BCUT2D eigenvalue weighted by Crippen LogP contribution is 2.21. The number of hydrogen-bond donors (Lipinski definition) is 0. The van der Waals surface area contributed by atoms with Crippen molar-refractivity contribution in [2.75, 3.05) is 39.4 Å². The highest BCUT2D eigenvalue weighted by atomic mass is 16.5. The maximum absolute atomic E-state index is 12.7. The van der Waals surface area contributed by atoms with Gasteiger partial charge in [0.15, 0.2) is 0 Å².